The molecule has 2 rings (SSSR count). The fraction of sp³-hybridized carbons (Fsp3) is 0.294. The van der Waals surface area contributed by atoms with Crippen LogP contribution in [0.1, 0.15) is 32.3 Å². The summed E-state index contributed by atoms with van der Waals surface area (Å²) in [6, 6.07) is 13.7. The summed E-state index contributed by atoms with van der Waals surface area (Å²) in [7, 11) is 0. The molecule has 0 saturated heterocycles. The van der Waals surface area contributed by atoms with Crippen LogP contribution in [-0.4, -0.2) is 0 Å². The van der Waals surface area contributed by atoms with Gasteiger partial charge in [-0.2, -0.15) is 0 Å². The van der Waals surface area contributed by atoms with Gasteiger partial charge in [-0.15, -0.1) is 0 Å². The second-order valence-electron chi connectivity index (χ2n) is 4.37. The van der Waals surface area contributed by atoms with E-state index in [2.05, 4.69) is 13.8 Å². The van der Waals surface area contributed by atoms with E-state index in [-0.39, 0.29) is 5.82 Å². The maximum absolute atomic E-state index is 12.6. The highest BCUT2D eigenvalue weighted by Crippen LogP contribution is 2.21. The van der Waals surface area contributed by atoms with Crippen LogP contribution in [0.5, 0.6) is 11.5 Å². The van der Waals surface area contributed by atoms with Crippen molar-refractivity contribution in [2.75, 3.05) is 0 Å². The summed E-state index contributed by atoms with van der Waals surface area (Å²) in [6.45, 7) is 6.38. The van der Waals surface area contributed by atoms with Crippen LogP contribution < -0.4 is 4.74 Å². The number of hydrogen-bond acceptors (Lipinski definition) is 1. The van der Waals surface area contributed by atoms with Crippen LogP contribution in [0.25, 0.3) is 0 Å². The molecule has 0 unspecified atom stereocenters. The van der Waals surface area contributed by atoms with Gasteiger partial charge in [-0.1, -0.05) is 44.4 Å². The van der Waals surface area contributed by atoms with Gasteiger partial charge < -0.3 is 4.74 Å². The maximum Gasteiger partial charge on any atom is 0.127 e. The molecule has 1 nitrogen and oxygen atoms in total. The molecule has 0 aliphatic heterocycles. The summed E-state index contributed by atoms with van der Waals surface area (Å²) in [4.78, 5) is 0. The Bertz CT molecular complexity index is 414. The van der Waals surface area contributed by atoms with Gasteiger partial charge in [0.1, 0.15) is 17.3 Å². The Morgan fingerprint density at radius 3 is 1.63 bits per heavy atom. The predicted molar refractivity (Wildman–Crippen MR) is 78.2 cm³/mol. The fourth-order valence-corrected chi connectivity index (χ4v) is 1.25. The predicted octanol–water partition coefficient (Wildman–Crippen LogP) is 5.73. The van der Waals surface area contributed by atoms with Gasteiger partial charge in [0, 0.05) is 0 Å². The molecular weight excluding hydrogens is 239 g/mol. The average Bonchev–Trinajstić information content (AvgIpc) is 2.44. The number of rotatable bonds is 3. The second kappa shape index (κ2) is 8.30. The number of ether oxygens (including phenoxy) is 1. The van der Waals surface area contributed by atoms with Crippen LogP contribution >= 0.6 is 0 Å². The normalized spacial score (nSPS) is 9.47. The van der Waals surface area contributed by atoms with Crippen molar-refractivity contribution in [3.63, 3.8) is 0 Å². The van der Waals surface area contributed by atoms with Crippen LogP contribution in [-0.2, 0) is 0 Å². The van der Waals surface area contributed by atoms with Crippen molar-refractivity contribution in [3.8, 4) is 11.5 Å². The summed E-state index contributed by atoms with van der Waals surface area (Å²) < 4.78 is 18.1. The molecule has 2 heteroatoms. The van der Waals surface area contributed by atoms with Crippen LogP contribution in [0.2, 0.25) is 0 Å². The lowest BCUT2D eigenvalue weighted by atomic mass is 10.2. The fourth-order valence-electron chi connectivity index (χ4n) is 1.25. The highest BCUT2D eigenvalue weighted by atomic mass is 19.1. The van der Waals surface area contributed by atoms with Gasteiger partial charge in [-0.3, -0.25) is 0 Å². The molecule has 2 aromatic carbocycles. The Balaban J connectivity index is 0.000000399. The number of benzene rings is 2. The van der Waals surface area contributed by atoms with Crippen molar-refractivity contribution in [2.24, 2.45) is 0 Å². The minimum absolute atomic E-state index is 0.258. The minimum atomic E-state index is -0.258. The van der Waals surface area contributed by atoms with E-state index in [9.17, 15) is 4.39 Å². The minimum Gasteiger partial charge on any atom is -0.457 e. The molecule has 2 aromatic rings. The zero-order valence-corrected chi connectivity index (χ0v) is 11.8. The highest BCUT2D eigenvalue weighted by Gasteiger charge is 1.96. The van der Waals surface area contributed by atoms with Crippen molar-refractivity contribution < 1.29 is 9.13 Å². The lowest BCUT2D eigenvalue weighted by molar-refractivity contribution is 0.480. The maximum atomic E-state index is 12.6. The quantitative estimate of drug-likeness (QED) is 0.684. The molecule has 0 aromatic heterocycles. The molecule has 0 bridgehead atoms. The molecule has 0 amide bonds. The van der Waals surface area contributed by atoms with Crippen molar-refractivity contribution in [1.29, 1.82) is 0 Å². The van der Waals surface area contributed by atoms with Crippen LogP contribution in [0.4, 0.5) is 4.39 Å². The Hall–Kier alpha value is -1.83. The van der Waals surface area contributed by atoms with E-state index in [4.69, 9.17) is 4.74 Å². The Kier molecular flexibility index (Phi) is 6.65. The van der Waals surface area contributed by atoms with Gasteiger partial charge in [0.15, 0.2) is 0 Å². The summed E-state index contributed by atoms with van der Waals surface area (Å²) in [5.74, 6) is 1.14. The van der Waals surface area contributed by atoms with E-state index < -0.39 is 0 Å². The van der Waals surface area contributed by atoms with E-state index in [1.54, 1.807) is 12.1 Å². The molecule has 102 valence electrons. The molecule has 0 spiro atoms. The van der Waals surface area contributed by atoms with Gasteiger partial charge in [-0.05, 0) is 43.3 Å². The summed E-state index contributed by atoms with van der Waals surface area (Å²) in [5.41, 5.74) is 1.18. The van der Waals surface area contributed by atoms with Crippen molar-refractivity contribution in [3.05, 3.63) is 59.9 Å². The lowest BCUT2D eigenvalue weighted by Gasteiger charge is -2.05. The Morgan fingerprint density at radius 2 is 1.21 bits per heavy atom. The van der Waals surface area contributed by atoms with E-state index >= 15 is 0 Å². The standard InChI is InChI=1S/C13H11FO.C4H10/c1-10-2-6-12(7-3-10)15-13-8-4-11(14)5-9-13;1-3-4-2/h2-9H,1H3;3-4H2,1-2H3. The summed E-state index contributed by atoms with van der Waals surface area (Å²) in [5, 5.41) is 0. The molecule has 19 heavy (non-hydrogen) atoms. The Morgan fingerprint density at radius 1 is 0.789 bits per heavy atom. The van der Waals surface area contributed by atoms with Crippen molar-refractivity contribution >= 4 is 0 Å². The number of aryl methyl sites for hydroxylation is 1. The van der Waals surface area contributed by atoms with E-state index in [1.807, 2.05) is 31.2 Å². The van der Waals surface area contributed by atoms with Gasteiger partial charge in [0.05, 0.1) is 0 Å². The summed E-state index contributed by atoms with van der Waals surface area (Å²) >= 11 is 0. The molecular formula is C17H21FO. The largest absolute Gasteiger partial charge is 0.457 e. The number of halogens is 1. The van der Waals surface area contributed by atoms with Gasteiger partial charge >= 0.3 is 0 Å². The zero-order valence-electron chi connectivity index (χ0n) is 11.8. The molecule has 0 fully saturated rings. The lowest BCUT2D eigenvalue weighted by Crippen LogP contribution is -1.84. The monoisotopic (exact) mass is 260 g/mol. The smallest absolute Gasteiger partial charge is 0.127 e. The highest BCUT2D eigenvalue weighted by molar-refractivity contribution is 5.32. The third-order valence-corrected chi connectivity index (χ3v) is 2.57. The molecule has 0 atom stereocenters. The summed E-state index contributed by atoms with van der Waals surface area (Å²) in [6.07, 6.45) is 2.64. The van der Waals surface area contributed by atoms with Crippen LogP contribution in [0, 0.1) is 12.7 Å². The second-order valence-corrected chi connectivity index (χ2v) is 4.37. The van der Waals surface area contributed by atoms with E-state index in [0.717, 1.165) is 5.75 Å². The third-order valence-electron chi connectivity index (χ3n) is 2.57. The number of hydrogen-bond donors (Lipinski definition) is 0. The van der Waals surface area contributed by atoms with Crippen molar-refractivity contribution in [1.82, 2.24) is 0 Å². The van der Waals surface area contributed by atoms with Crippen LogP contribution in [0.15, 0.2) is 48.5 Å². The first-order chi connectivity index (χ1) is 9.15. The van der Waals surface area contributed by atoms with Crippen LogP contribution in [0.3, 0.4) is 0 Å². The topological polar surface area (TPSA) is 9.23 Å². The average molecular weight is 260 g/mol. The van der Waals surface area contributed by atoms with E-state index in [0.29, 0.717) is 5.75 Å². The molecule has 0 radical (unpaired) electrons. The van der Waals surface area contributed by atoms with Crippen molar-refractivity contribution in [2.45, 2.75) is 33.6 Å². The number of unbranched alkanes of at least 4 members (excludes halogenated alkanes) is 1. The first kappa shape index (κ1) is 15.2. The zero-order chi connectivity index (χ0) is 14.1. The van der Waals surface area contributed by atoms with Gasteiger partial charge in [0.25, 0.3) is 0 Å². The third kappa shape index (κ3) is 6.05. The molecule has 0 aliphatic rings. The first-order valence-electron chi connectivity index (χ1n) is 6.65. The SMILES string of the molecule is CCCC.Cc1ccc(Oc2ccc(F)cc2)cc1. The molecule has 0 N–H and O–H groups in total. The van der Waals surface area contributed by atoms with Gasteiger partial charge in [0.2, 0.25) is 0 Å². The van der Waals surface area contributed by atoms with E-state index in [1.165, 1.54) is 30.5 Å². The first-order valence-corrected chi connectivity index (χ1v) is 6.65. The molecule has 0 aliphatic carbocycles. The van der Waals surface area contributed by atoms with Gasteiger partial charge in [-0.25, -0.2) is 4.39 Å². The molecule has 0 saturated carbocycles. The molecule has 0 heterocycles. The Labute approximate surface area is 115 Å².